The van der Waals surface area contributed by atoms with Crippen molar-refractivity contribution >= 4 is 51.6 Å². The zero-order valence-electron chi connectivity index (χ0n) is 18.8. The van der Waals surface area contributed by atoms with E-state index in [1.165, 1.54) is 34.2 Å². The van der Waals surface area contributed by atoms with E-state index in [1.807, 2.05) is 12.1 Å². The molecular weight excluding hydrogens is 472 g/mol. The van der Waals surface area contributed by atoms with Gasteiger partial charge < -0.3 is 19.8 Å². The Morgan fingerprint density at radius 1 is 1.09 bits per heavy atom. The predicted octanol–water partition coefficient (Wildman–Crippen LogP) is 5.77. The van der Waals surface area contributed by atoms with Crippen LogP contribution in [0.5, 0.6) is 0 Å². The lowest BCUT2D eigenvalue weighted by Gasteiger charge is -2.09. The van der Waals surface area contributed by atoms with E-state index >= 15 is 0 Å². The third kappa shape index (κ3) is 5.90. The minimum Gasteiger partial charge on any atom is -0.462 e. The minimum atomic E-state index is -0.371. The van der Waals surface area contributed by atoms with E-state index in [0.29, 0.717) is 22.9 Å². The molecule has 3 aromatic rings. The largest absolute Gasteiger partial charge is 0.462 e. The minimum absolute atomic E-state index is 0.167. The molecule has 2 heterocycles. The second kappa shape index (κ2) is 11.4. The second-order valence-corrected chi connectivity index (χ2v) is 9.94. The summed E-state index contributed by atoms with van der Waals surface area (Å²) in [6.07, 6.45) is 6.47. The van der Waals surface area contributed by atoms with E-state index in [1.54, 1.807) is 31.2 Å². The van der Waals surface area contributed by atoms with Crippen LogP contribution in [0, 0.1) is 0 Å². The highest BCUT2D eigenvalue weighted by molar-refractivity contribution is 8.00. The first-order valence-corrected chi connectivity index (χ1v) is 13.0. The Balaban J connectivity index is 1.40. The van der Waals surface area contributed by atoms with Gasteiger partial charge in [-0.15, -0.1) is 23.1 Å². The van der Waals surface area contributed by atoms with Crippen LogP contribution in [0.2, 0.25) is 0 Å². The average Bonchev–Trinajstić information content (AvgIpc) is 3.41. The third-order valence-corrected chi connectivity index (χ3v) is 7.56. The van der Waals surface area contributed by atoms with Crippen molar-refractivity contribution in [2.45, 2.75) is 43.9 Å². The van der Waals surface area contributed by atoms with Crippen LogP contribution >= 0.6 is 23.1 Å². The predicted molar refractivity (Wildman–Crippen MR) is 134 cm³/mol. The molecular formula is C25H26N2O5S2. The number of thiophene rings is 1. The van der Waals surface area contributed by atoms with E-state index in [9.17, 15) is 14.4 Å². The van der Waals surface area contributed by atoms with Gasteiger partial charge in [0.2, 0.25) is 5.91 Å². The number of amides is 2. The highest BCUT2D eigenvalue weighted by Crippen LogP contribution is 2.38. The van der Waals surface area contributed by atoms with Gasteiger partial charge in [-0.2, -0.15) is 0 Å². The highest BCUT2D eigenvalue weighted by Gasteiger charge is 2.26. The second-order valence-electron chi connectivity index (χ2n) is 7.79. The number of furan rings is 1. The number of benzene rings is 1. The Morgan fingerprint density at radius 2 is 1.94 bits per heavy atom. The average molecular weight is 499 g/mol. The van der Waals surface area contributed by atoms with Gasteiger partial charge in [0.05, 0.1) is 24.2 Å². The molecule has 0 aliphatic heterocycles. The summed E-state index contributed by atoms with van der Waals surface area (Å²) in [4.78, 5) is 39.6. The Morgan fingerprint density at radius 3 is 2.74 bits per heavy atom. The van der Waals surface area contributed by atoms with E-state index < -0.39 is 0 Å². The van der Waals surface area contributed by atoms with Gasteiger partial charge in [0.15, 0.2) is 5.76 Å². The molecule has 0 fully saturated rings. The quantitative estimate of drug-likeness (QED) is 0.232. The number of rotatable bonds is 8. The van der Waals surface area contributed by atoms with Crippen LogP contribution in [0.25, 0.3) is 0 Å². The summed E-state index contributed by atoms with van der Waals surface area (Å²) in [5.74, 6) is -0.514. The Kier molecular flexibility index (Phi) is 8.08. The van der Waals surface area contributed by atoms with Crippen LogP contribution in [0.3, 0.4) is 0 Å². The van der Waals surface area contributed by atoms with Crippen LogP contribution in [0.1, 0.15) is 57.5 Å². The zero-order valence-corrected chi connectivity index (χ0v) is 20.5. The lowest BCUT2D eigenvalue weighted by atomic mass is 10.1. The Labute approximate surface area is 206 Å². The number of thioether (sulfide) groups is 1. The molecule has 0 spiro atoms. The van der Waals surface area contributed by atoms with Crippen molar-refractivity contribution < 1.29 is 23.5 Å². The van der Waals surface area contributed by atoms with Crippen molar-refractivity contribution in [1.29, 1.82) is 0 Å². The Bertz CT molecular complexity index is 1170. The number of carbonyl (C=O) groups is 3. The molecule has 0 saturated carbocycles. The van der Waals surface area contributed by atoms with Crippen LogP contribution in [-0.4, -0.2) is 30.1 Å². The third-order valence-electron chi connectivity index (χ3n) is 5.36. The number of aryl methyl sites for hydroxylation is 1. The maximum atomic E-state index is 12.8. The lowest BCUT2D eigenvalue weighted by molar-refractivity contribution is -0.113. The molecule has 9 heteroatoms. The van der Waals surface area contributed by atoms with Gasteiger partial charge in [-0.1, -0.05) is 12.5 Å². The number of ether oxygens (including phenoxy) is 1. The molecule has 2 aromatic heterocycles. The summed E-state index contributed by atoms with van der Waals surface area (Å²) < 4.78 is 10.4. The number of nitrogens with one attached hydrogen (secondary N) is 2. The first-order chi connectivity index (χ1) is 16.5. The summed E-state index contributed by atoms with van der Waals surface area (Å²) >= 11 is 2.84. The first-order valence-electron chi connectivity index (χ1n) is 11.2. The monoisotopic (exact) mass is 498 g/mol. The topological polar surface area (TPSA) is 97.6 Å². The fraction of sp³-hybridized carbons (Fsp3) is 0.320. The number of fused-ring (bicyclic) bond motifs is 1. The molecule has 7 nitrogen and oxygen atoms in total. The van der Waals surface area contributed by atoms with Crippen LogP contribution in [0.4, 0.5) is 10.7 Å². The van der Waals surface area contributed by atoms with E-state index in [-0.39, 0.29) is 29.3 Å². The van der Waals surface area contributed by atoms with Crippen molar-refractivity contribution in [2.75, 3.05) is 23.0 Å². The van der Waals surface area contributed by atoms with Gasteiger partial charge in [0.1, 0.15) is 5.00 Å². The van der Waals surface area contributed by atoms with Gasteiger partial charge in [-0.3, -0.25) is 9.59 Å². The smallest absolute Gasteiger partial charge is 0.341 e. The first kappa shape index (κ1) is 24.1. The summed E-state index contributed by atoms with van der Waals surface area (Å²) in [5, 5.41) is 6.30. The molecule has 1 aliphatic rings. The van der Waals surface area contributed by atoms with Crippen LogP contribution < -0.4 is 10.6 Å². The van der Waals surface area contributed by atoms with Gasteiger partial charge in [0, 0.05) is 15.5 Å². The van der Waals surface area contributed by atoms with Gasteiger partial charge in [-0.05, 0) is 68.5 Å². The molecule has 4 rings (SSSR count). The fourth-order valence-corrected chi connectivity index (χ4v) is 5.87. The maximum absolute atomic E-state index is 12.8. The lowest BCUT2D eigenvalue weighted by Crippen LogP contribution is -2.16. The molecule has 178 valence electrons. The summed E-state index contributed by atoms with van der Waals surface area (Å²) in [6.45, 7) is 2.07. The van der Waals surface area contributed by atoms with Crippen molar-refractivity contribution in [1.82, 2.24) is 0 Å². The fourth-order valence-electron chi connectivity index (χ4n) is 3.83. The molecule has 2 amide bonds. The Hall–Kier alpha value is -3.04. The van der Waals surface area contributed by atoms with Gasteiger partial charge in [-0.25, -0.2) is 4.79 Å². The van der Waals surface area contributed by atoms with Crippen LogP contribution in [0.15, 0.2) is 52.0 Å². The number of anilines is 2. The molecule has 0 saturated heterocycles. The number of hydrogen-bond acceptors (Lipinski definition) is 7. The molecule has 34 heavy (non-hydrogen) atoms. The molecule has 0 atom stereocenters. The maximum Gasteiger partial charge on any atom is 0.341 e. The van der Waals surface area contributed by atoms with Gasteiger partial charge in [0.25, 0.3) is 5.91 Å². The van der Waals surface area contributed by atoms with E-state index in [0.717, 1.165) is 42.6 Å². The normalized spacial score (nSPS) is 13.0. The molecule has 1 aliphatic carbocycles. The van der Waals surface area contributed by atoms with Crippen LogP contribution in [-0.2, 0) is 22.4 Å². The molecule has 2 N–H and O–H groups in total. The standard InChI is InChI=1S/C25H26N2O5S2/c1-2-31-25(30)22-18-10-4-3-5-12-20(18)34-24(22)27-21(28)15-33-17-9-6-8-16(14-17)26-23(29)19-11-7-13-32-19/h6-9,11,13-14H,2-5,10,12,15H2,1H3,(H,26,29)(H,27,28). The molecule has 0 bridgehead atoms. The number of hydrogen-bond donors (Lipinski definition) is 2. The summed E-state index contributed by atoms with van der Waals surface area (Å²) in [5.41, 5.74) is 2.16. The van der Waals surface area contributed by atoms with Crippen molar-refractivity contribution in [3.8, 4) is 0 Å². The van der Waals surface area contributed by atoms with E-state index in [4.69, 9.17) is 9.15 Å². The molecule has 0 unspecified atom stereocenters. The van der Waals surface area contributed by atoms with Crippen molar-refractivity contribution in [3.63, 3.8) is 0 Å². The zero-order chi connectivity index (χ0) is 23.9. The molecule has 1 aromatic carbocycles. The van der Waals surface area contributed by atoms with E-state index in [2.05, 4.69) is 10.6 Å². The summed E-state index contributed by atoms with van der Waals surface area (Å²) in [6, 6.07) is 10.5. The number of esters is 1. The SMILES string of the molecule is CCOC(=O)c1c(NC(=O)CSc2cccc(NC(=O)c3ccco3)c2)sc2c1CCCCC2. The van der Waals surface area contributed by atoms with Crippen molar-refractivity contribution in [3.05, 3.63) is 64.4 Å². The molecule has 0 radical (unpaired) electrons. The highest BCUT2D eigenvalue weighted by atomic mass is 32.2. The van der Waals surface area contributed by atoms with Crippen molar-refractivity contribution in [2.24, 2.45) is 0 Å². The van der Waals surface area contributed by atoms with Gasteiger partial charge >= 0.3 is 5.97 Å². The summed E-state index contributed by atoms with van der Waals surface area (Å²) in [7, 11) is 0. The number of carbonyl (C=O) groups excluding carboxylic acids is 3.